The Morgan fingerprint density at radius 3 is 2.39 bits per heavy atom. The third-order valence-corrected chi connectivity index (χ3v) is 3.57. The normalized spacial score (nSPS) is 11.0. The maximum Gasteiger partial charge on any atom is 0.573 e. The van der Waals surface area contributed by atoms with Crippen molar-refractivity contribution >= 4 is 11.7 Å². The van der Waals surface area contributed by atoms with Crippen LogP contribution < -0.4 is 20.9 Å². The summed E-state index contributed by atoms with van der Waals surface area (Å²) in [5.41, 5.74) is 7.17. The summed E-state index contributed by atoms with van der Waals surface area (Å²) >= 11 is 0. The van der Waals surface area contributed by atoms with Gasteiger partial charge in [0.05, 0.1) is 11.4 Å². The van der Waals surface area contributed by atoms with Crippen LogP contribution in [0, 0.1) is 0 Å². The number of ether oxygens (including phenoxy) is 1. The SMILES string of the molecule is O=C(NCc1ccc(-n2cccn2)cc1)NNc1ccc(OC(F)(F)F)cc1. The van der Waals surface area contributed by atoms with Crippen molar-refractivity contribution in [3.63, 3.8) is 0 Å². The molecule has 2 amide bonds. The number of urea groups is 1. The first kappa shape index (κ1) is 19.1. The molecule has 0 saturated carbocycles. The van der Waals surface area contributed by atoms with Crippen molar-refractivity contribution < 1.29 is 22.7 Å². The molecule has 28 heavy (non-hydrogen) atoms. The van der Waals surface area contributed by atoms with Crippen molar-refractivity contribution in [1.29, 1.82) is 0 Å². The fourth-order valence-corrected chi connectivity index (χ4v) is 2.28. The van der Waals surface area contributed by atoms with Gasteiger partial charge in [0, 0.05) is 18.9 Å². The molecule has 7 nitrogen and oxygen atoms in total. The van der Waals surface area contributed by atoms with Gasteiger partial charge in [-0.2, -0.15) is 5.10 Å². The lowest BCUT2D eigenvalue weighted by Crippen LogP contribution is -2.38. The van der Waals surface area contributed by atoms with Crippen LogP contribution in [0.4, 0.5) is 23.7 Å². The van der Waals surface area contributed by atoms with E-state index in [0.29, 0.717) is 12.2 Å². The number of nitrogens with one attached hydrogen (secondary N) is 3. The van der Waals surface area contributed by atoms with Crippen LogP contribution in [0.2, 0.25) is 0 Å². The molecule has 3 N–H and O–H groups in total. The van der Waals surface area contributed by atoms with E-state index in [-0.39, 0.29) is 5.75 Å². The first-order valence-corrected chi connectivity index (χ1v) is 8.14. The van der Waals surface area contributed by atoms with Crippen molar-refractivity contribution in [3.05, 3.63) is 72.6 Å². The Bertz CT molecular complexity index is 894. The molecule has 0 aliphatic carbocycles. The highest BCUT2D eigenvalue weighted by atomic mass is 19.4. The summed E-state index contributed by atoms with van der Waals surface area (Å²) in [5.74, 6) is -0.346. The summed E-state index contributed by atoms with van der Waals surface area (Å²) in [5, 5.41) is 6.79. The quantitative estimate of drug-likeness (QED) is 0.561. The van der Waals surface area contributed by atoms with Crippen molar-refractivity contribution in [2.24, 2.45) is 0 Å². The van der Waals surface area contributed by atoms with E-state index in [4.69, 9.17) is 0 Å². The number of rotatable bonds is 6. The fraction of sp³-hybridized carbons (Fsp3) is 0.111. The molecule has 0 fully saturated rings. The van der Waals surface area contributed by atoms with E-state index in [1.807, 2.05) is 36.5 Å². The molecule has 0 aliphatic rings. The molecule has 1 heterocycles. The first-order chi connectivity index (χ1) is 13.4. The second-order valence-electron chi connectivity index (χ2n) is 5.62. The van der Waals surface area contributed by atoms with Gasteiger partial charge in [0.2, 0.25) is 0 Å². The highest BCUT2D eigenvalue weighted by Gasteiger charge is 2.30. The van der Waals surface area contributed by atoms with Gasteiger partial charge in [0.25, 0.3) is 0 Å². The summed E-state index contributed by atoms with van der Waals surface area (Å²) in [4.78, 5) is 11.8. The zero-order chi connectivity index (χ0) is 20.0. The number of hydrogen-bond donors (Lipinski definition) is 3. The van der Waals surface area contributed by atoms with E-state index in [1.165, 1.54) is 12.1 Å². The number of benzene rings is 2. The molecule has 10 heteroatoms. The number of hydrogen-bond acceptors (Lipinski definition) is 4. The Kier molecular flexibility index (Phi) is 5.68. The van der Waals surface area contributed by atoms with Crippen LogP contribution in [0.1, 0.15) is 5.56 Å². The maximum absolute atomic E-state index is 12.1. The minimum Gasteiger partial charge on any atom is -0.406 e. The van der Waals surface area contributed by atoms with E-state index in [9.17, 15) is 18.0 Å². The third kappa shape index (κ3) is 5.66. The molecule has 0 aliphatic heterocycles. The molecule has 0 atom stereocenters. The lowest BCUT2D eigenvalue weighted by Gasteiger charge is -2.12. The van der Waals surface area contributed by atoms with Gasteiger partial charge in [-0.05, 0) is 48.0 Å². The Labute approximate surface area is 158 Å². The average molecular weight is 391 g/mol. The van der Waals surface area contributed by atoms with Gasteiger partial charge >= 0.3 is 12.4 Å². The lowest BCUT2D eigenvalue weighted by atomic mass is 10.2. The monoisotopic (exact) mass is 391 g/mol. The van der Waals surface area contributed by atoms with E-state index in [0.717, 1.165) is 23.4 Å². The zero-order valence-electron chi connectivity index (χ0n) is 14.4. The lowest BCUT2D eigenvalue weighted by molar-refractivity contribution is -0.274. The minimum atomic E-state index is -4.75. The third-order valence-electron chi connectivity index (χ3n) is 3.57. The molecule has 146 valence electrons. The largest absolute Gasteiger partial charge is 0.573 e. The molecule has 1 aromatic heterocycles. The van der Waals surface area contributed by atoms with Gasteiger partial charge in [-0.15, -0.1) is 13.2 Å². The highest BCUT2D eigenvalue weighted by molar-refractivity contribution is 5.75. The number of aromatic nitrogens is 2. The molecule has 0 radical (unpaired) electrons. The molecule has 0 bridgehead atoms. The Hall–Kier alpha value is -3.69. The Balaban J connectivity index is 1.43. The zero-order valence-corrected chi connectivity index (χ0v) is 14.4. The second kappa shape index (κ2) is 8.33. The van der Waals surface area contributed by atoms with E-state index in [2.05, 4.69) is 26.0 Å². The topological polar surface area (TPSA) is 80.2 Å². The van der Waals surface area contributed by atoms with E-state index in [1.54, 1.807) is 10.9 Å². The molecule has 0 saturated heterocycles. The minimum absolute atomic E-state index is 0.297. The Morgan fingerprint density at radius 1 is 1.07 bits per heavy atom. The van der Waals surface area contributed by atoms with Gasteiger partial charge < -0.3 is 10.1 Å². The van der Waals surface area contributed by atoms with Crippen LogP contribution in [0.15, 0.2) is 67.0 Å². The van der Waals surface area contributed by atoms with Crippen LogP contribution in [0.25, 0.3) is 5.69 Å². The molecular formula is C18H16F3N5O2. The van der Waals surface area contributed by atoms with Gasteiger partial charge in [-0.25, -0.2) is 9.48 Å². The summed E-state index contributed by atoms with van der Waals surface area (Å²) in [7, 11) is 0. The first-order valence-electron chi connectivity index (χ1n) is 8.14. The number of carbonyl (C=O) groups excluding carboxylic acids is 1. The smallest absolute Gasteiger partial charge is 0.406 e. The van der Waals surface area contributed by atoms with Crippen LogP contribution in [-0.2, 0) is 6.54 Å². The van der Waals surface area contributed by atoms with Gasteiger partial charge in [0.15, 0.2) is 0 Å². The summed E-state index contributed by atoms with van der Waals surface area (Å²) in [6, 6.07) is 13.8. The van der Waals surface area contributed by atoms with Crippen LogP contribution in [0.5, 0.6) is 5.75 Å². The number of hydrazine groups is 1. The Morgan fingerprint density at radius 2 is 1.79 bits per heavy atom. The number of anilines is 1. The molecule has 0 spiro atoms. The summed E-state index contributed by atoms with van der Waals surface area (Å²) < 4.78 is 41.8. The fourth-order valence-electron chi connectivity index (χ4n) is 2.28. The van der Waals surface area contributed by atoms with Crippen LogP contribution in [-0.4, -0.2) is 22.2 Å². The van der Waals surface area contributed by atoms with Gasteiger partial charge in [-0.3, -0.25) is 10.9 Å². The van der Waals surface area contributed by atoms with Crippen LogP contribution >= 0.6 is 0 Å². The average Bonchev–Trinajstić information content (AvgIpc) is 3.20. The number of alkyl halides is 3. The number of carbonyl (C=O) groups is 1. The molecule has 2 aromatic carbocycles. The number of halogens is 3. The standard InChI is InChI=1S/C18H16F3N5O2/c19-18(20,21)28-16-8-4-14(5-9-16)24-25-17(27)22-12-13-2-6-15(7-3-13)26-11-1-10-23-26/h1-11,24H,12H2,(H2,22,25,27). The van der Waals surface area contributed by atoms with Crippen molar-refractivity contribution in [3.8, 4) is 11.4 Å². The predicted octanol–water partition coefficient (Wildman–Crippen LogP) is 3.60. The van der Waals surface area contributed by atoms with Gasteiger partial charge in [-0.1, -0.05) is 12.1 Å². The maximum atomic E-state index is 12.1. The highest BCUT2D eigenvalue weighted by Crippen LogP contribution is 2.23. The van der Waals surface area contributed by atoms with Gasteiger partial charge in [0.1, 0.15) is 5.75 Å². The predicted molar refractivity (Wildman–Crippen MR) is 95.7 cm³/mol. The molecule has 3 rings (SSSR count). The van der Waals surface area contributed by atoms with Crippen molar-refractivity contribution in [2.75, 3.05) is 5.43 Å². The van der Waals surface area contributed by atoms with Crippen LogP contribution in [0.3, 0.4) is 0 Å². The number of amides is 2. The summed E-state index contributed by atoms with van der Waals surface area (Å²) in [6.45, 7) is 0.297. The molecule has 3 aromatic rings. The molecular weight excluding hydrogens is 375 g/mol. The number of nitrogens with zero attached hydrogens (tertiary/aromatic N) is 2. The van der Waals surface area contributed by atoms with E-state index < -0.39 is 12.4 Å². The summed E-state index contributed by atoms with van der Waals surface area (Å²) in [6.07, 6.45) is -1.23. The van der Waals surface area contributed by atoms with E-state index >= 15 is 0 Å². The van der Waals surface area contributed by atoms with Crippen molar-refractivity contribution in [2.45, 2.75) is 12.9 Å². The second-order valence-corrected chi connectivity index (χ2v) is 5.62. The van der Waals surface area contributed by atoms with Crippen molar-refractivity contribution in [1.82, 2.24) is 20.5 Å². The molecule has 0 unspecified atom stereocenters.